The highest BCUT2D eigenvalue weighted by molar-refractivity contribution is 5.96. The van der Waals surface area contributed by atoms with Gasteiger partial charge in [-0.1, -0.05) is 19.0 Å². The third kappa shape index (κ3) is 6.10. The molecule has 1 N–H and O–H groups in total. The highest BCUT2D eigenvalue weighted by Gasteiger charge is 2.37. The van der Waals surface area contributed by atoms with Crippen molar-refractivity contribution in [3.63, 3.8) is 0 Å². The van der Waals surface area contributed by atoms with Crippen LogP contribution < -0.4 is 5.32 Å². The topological polar surface area (TPSA) is 86.1 Å². The van der Waals surface area contributed by atoms with Gasteiger partial charge in [0.1, 0.15) is 0 Å². The smallest absolute Gasteiger partial charge is 0.246 e. The van der Waals surface area contributed by atoms with Crippen molar-refractivity contribution in [3.8, 4) is 0 Å². The number of likely N-dealkylation sites (N-methyl/N-ethyl adjacent to an activating group) is 1. The molecule has 8 nitrogen and oxygen atoms in total. The van der Waals surface area contributed by atoms with Gasteiger partial charge >= 0.3 is 0 Å². The Hall–Kier alpha value is -1.48. The molecule has 32 heavy (non-hydrogen) atoms. The van der Waals surface area contributed by atoms with Crippen LogP contribution in [0.3, 0.4) is 0 Å². The zero-order valence-corrected chi connectivity index (χ0v) is 20.6. The van der Waals surface area contributed by atoms with Crippen LogP contribution >= 0.6 is 0 Å². The summed E-state index contributed by atoms with van der Waals surface area (Å²) in [5.74, 6) is 0.785. The van der Waals surface area contributed by atoms with Crippen LogP contribution in [-0.2, 0) is 24.4 Å². The van der Waals surface area contributed by atoms with E-state index in [1.807, 2.05) is 27.8 Å². The lowest BCUT2D eigenvalue weighted by molar-refractivity contribution is -0.196. The molecular formula is C24H41N3O5. The van der Waals surface area contributed by atoms with E-state index in [4.69, 9.17) is 18.7 Å². The molecule has 2 aliphatic rings. The standard InChI is InChI=1S/C24H41N3O5/c1-17(31-21-9-7-8-12-30-21)23(2,3)19-15-20(32-26-19)25-22(28)24(4,5)27(6)16-18-10-13-29-14-11-18/h15,17-18,21H,7-14,16H2,1-6H3,(H,25,28)/t17-,21?/m0/s1. The van der Waals surface area contributed by atoms with Gasteiger partial charge in [0, 0.05) is 37.8 Å². The predicted octanol–water partition coefficient (Wildman–Crippen LogP) is 3.96. The summed E-state index contributed by atoms with van der Waals surface area (Å²) in [7, 11) is 2.00. The minimum atomic E-state index is -0.685. The fourth-order valence-corrected chi connectivity index (χ4v) is 4.04. The van der Waals surface area contributed by atoms with Gasteiger partial charge in [0.15, 0.2) is 6.29 Å². The number of nitrogens with one attached hydrogen (secondary N) is 1. The van der Waals surface area contributed by atoms with Crippen LogP contribution in [0.2, 0.25) is 0 Å². The number of ether oxygens (including phenoxy) is 3. The van der Waals surface area contributed by atoms with Crippen molar-refractivity contribution in [2.75, 3.05) is 38.7 Å². The van der Waals surface area contributed by atoms with E-state index in [9.17, 15) is 4.79 Å². The van der Waals surface area contributed by atoms with E-state index in [1.54, 1.807) is 6.07 Å². The maximum absolute atomic E-state index is 13.1. The number of rotatable bonds is 9. The number of amides is 1. The second-order valence-electron chi connectivity index (χ2n) is 10.3. The lowest BCUT2D eigenvalue weighted by atomic mass is 9.84. The van der Waals surface area contributed by atoms with E-state index in [-0.39, 0.29) is 18.3 Å². The largest absolute Gasteiger partial charge is 0.381 e. The van der Waals surface area contributed by atoms with Gasteiger partial charge in [-0.15, -0.1) is 0 Å². The molecule has 3 rings (SSSR count). The fourth-order valence-electron chi connectivity index (χ4n) is 4.04. The maximum Gasteiger partial charge on any atom is 0.246 e. The van der Waals surface area contributed by atoms with Crippen molar-refractivity contribution in [1.29, 1.82) is 0 Å². The van der Waals surface area contributed by atoms with E-state index < -0.39 is 11.0 Å². The van der Waals surface area contributed by atoms with Crippen molar-refractivity contribution < 1.29 is 23.5 Å². The third-order valence-electron chi connectivity index (χ3n) is 7.30. The molecule has 2 fully saturated rings. The molecule has 8 heteroatoms. The molecule has 0 radical (unpaired) electrons. The van der Waals surface area contributed by atoms with Crippen molar-refractivity contribution in [1.82, 2.24) is 10.1 Å². The number of aromatic nitrogens is 1. The van der Waals surface area contributed by atoms with Gasteiger partial charge in [0.2, 0.25) is 11.8 Å². The molecule has 0 saturated carbocycles. The van der Waals surface area contributed by atoms with E-state index in [1.165, 1.54) is 0 Å². The Labute approximate surface area is 192 Å². The summed E-state index contributed by atoms with van der Waals surface area (Å²) in [4.78, 5) is 15.2. The van der Waals surface area contributed by atoms with Crippen LogP contribution in [0.5, 0.6) is 0 Å². The van der Waals surface area contributed by atoms with Crippen LogP contribution in [0, 0.1) is 5.92 Å². The van der Waals surface area contributed by atoms with Gasteiger partial charge in [0.25, 0.3) is 0 Å². The van der Waals surface area contributed by atoms with Crippen LogP contribution in [0.25, 0.3) is 0 Å². The Bertz CT molecular complexity index is 736. The first-order chi connectivity index (χ1) is 15.1. The van der Waals surface area contributed by atoms with Crippen LogP contribution in [0.4, 0.5) is 5.88 Å². The molecule has 0 aromatic carbocycles. The van der Waals surface area contributed by atoms with Gasteiger partial charge in [-0.3, -0.25) is 15.0 Å². The Morgan fingerprint density at radius 2 is 1.94 bits per heavy atom. The minimum Gasteiger partial charge on any atom is -0.381 e. The Morgan fingerprint density at radius 3 is 2.59 bits per heavy atom. The molecule has 2 saturated heterocycles. The SMILES string of the molecule is C[C@H](OC1CCCCO1)C(C)(C)c1cc(NC(=O)C(C)(C)N(C)CC2CCOCC2)on1. The van der Waals surface area contributed by atoms with Crippen molar-refractivity contribution >= 4 is 11.8 Å². The van der Waals surface area contributed by atoms with Crippen molar-refractivity contribution in [3.05, 3.63) is 11.8 Å². The number of carbonyl (C=O) groups excluding carboxylic acids is 1. The summed E-state index contributed by atoms with van der Waals surface area (Å²) in [5.41, 5.74) is -0.345. The Kier molecular flexibility index (Phi) is 8.36. The minimum absolute atomic E-state index is 0.118. The van der Waals surface area contributed by atoms with E-state index in [2.05, 4.69) is 29.2 Å². The molecule has 2 aliphatic heterocycles. The van der Waals surface area contributed by atoms with Gasteiger partial charge in [-0.05, 0) is 65.8 Å². The average Bonchev–Trinajstić information content (AvgIpc) is 3.24. The summed E-state index contributed by atoms with van der Waals surface area (Å²) in [6.07, 6.45) is 4.90. The number of hydrogen-bond acceptors (Lipinski definition) is 7. The summed E-state index contributed by atoms with van der Waals surface area (Å²) in [6, 6.07) is 1.80. The molecule has 182 valence electrons. The van der Waals surface area contributed by atoms with E-state index >= 15 is 0 Å². The van der Waals surface area contributed by atoms with Gasteiger partial charge < -0.3 is 18.7 Å². The van der Waals surface area contributed by atoms with Gasteiger partial charge in [0.05, 0.1) is 17.3 Å². The lowest BCUT2D eigenvalue weighted by Gasteiger charge is -2.37. The van der Waals surface area contributed by atoms with Crippen molar-refractivity contribution in [2.45, 2.75) is 90.1 Å². The second kappa shape index (κ2) is 10.6. The zero-order valence-electron chi connectivity index (χ0n) is 20.6. The highest BCUT2D eigenvalue weighted by atomic mass is 16.7. The zero-order chi connectivity index (χ0) is 23.4. The summed E-state index contributed by atoms with van der Waals surface area (Å²) in [6.45, 7) is 13.2. The molecule has 0 spiro atoms. The Balaban J connectivity index is 1.58. The maximum atomic E-state index is 13.1. The Morgan fingerprint density at radius 1 is 1.22 bits per heavy atom. The normalized spacial score (nSPS) is 22.2. The van der Waals surface area contributed by atoms with Crippen LogP contribution in [-0.4, -0.2) is 67.3 Å². The number of hydrogen-bond donors (Lipinski definition) is 1. The summed E-state index contributed by atoms with van der Waals surface area (Å²) >= 11 is 0. The first-order valence-electron chi connectivity index (χ1n) is 12.0. The monoisotopic (exact) mass is 451 g/mol. The van der Waals surface area contributed by atoms with E-state index in [0.29, 0.717) is 11.8 Å². The third-order valence-corrected chi connectivity index (χ3v) is 7.30. The molecule has 1 amide bonds. The predicted molar refractivity (Wildman–Crippen MR) is 123 cm³/mol. The van der Waals surface area contributed by atoms with Gasteiger partial charge in [-0.25, -0.2) is 0 Å². The number of nitrogens with zero attached hydrogens (tertiary/aromatic N) is 2. The lowest BCUT2D eigenvalue weighted by Crippen LogP contribution is -2.52. The molecule has 1 aromatic heterocycles. The summed E-state index contributed by atoms with van der Waals surface area (Å²) in [5, 5.41) is 7.15. The molecule has 1 aromatic rings. The van der Waals surface area contributed by atoms with Crippen LogP contribution in [0.1, 0.15) is 72.4 Å². The molecule has 2 atom stereocenters. The van der Waals surface area contributed by atoms with E-state index in [0.717, 1.165) is 64.2 Å². The van der Waals surface area contributed by atoms with Crippen molar-refractivity contribution in [2.24, 2.45) is 5.92 Å². The van der Waals surface area contributed by atoms with Crippen LogP contribution in [0.15, 0.2) is 10.6 Å². The first-order valence-corrected chi connectivity index (χ1v) is 12.0. The molecular weight excluding hydrogens is 410 g/mol. The number of carbonyl (C=O) groups is 1. The second-order valence-corrected chi connectivity index (χ2v) is 10.3. The molecule has 3 heterocycles. The molecule has 0 bridgehead atoms. The first kappa shape index (κ1) is 25.1. The molecule has 1 unspecified atom stereocenters. The molecule has 0 aliphatic carbocycles. The quantitative estimate of drug-likeness (QED) is 0.608. The number of anilines is 1. The fraction of sp³-hybridized carbons (Fsp3) is 0.833. The highest BCUT2D eigenvalue weighted by Crippen LogP contribution is 2.32. The average molecular weight is 452 g/mol. The summed E-state index contributed by atoms with van der Waals surface area (Å²) < 4.78 is 22.8. The van der Waals surface area contributed by atoms with Gasteiger partial charge in [-0.2, -0.15) is 0 Å².